The van der Waals surface area contributed by atoms with Crippen LogP contribution in [-0.4, -0.2) is 15.6 Å². The maximum Gasteiger partial charge on any atom is 0.308 e. The van der Waals surface area contributed by atoms with Crippen LogP contribution in [0.2, 0.25) is 0 Å². The van der Waals surface area contributed by atoms with Crippen LogP contribution in [0.3, 0.4) is 0 Å². The van der Waals surface area contributed by atoms with E-state index in [0.717, 1.165) is 16.8 Å². The smallest absolute Gasteiger partial charge is 0.308 e. The number of carboxylic acids is 1. The van der Waals surface area contributed by atoms with Gasteiger partial charge in [-0.3, -0.25) is 9.59 Å². The lowest BCUT2D eigenvalue weighted by Crippen LogP contribution is -2.20. The molecule has 0 aliphatic rings. The largest absolute Gasteiger partial charge is 0.481 e. The Labute approximate surface area is 139 Å². The minimum Gasteiger partial charge on any atom is -0.481 e. The topological polar surface area (TPSA) is 85.3 Å². The average Bonchev–Trinajstić information content (AvgIpc) is 2.59. The summed E-state index contributed by atoms with van der Waals surface area (Å²) < 4.78 is 1.93. The number of carboxylic acid groups (broad SMARTS) is 1. The lowest BCUT2D eigenvalue weighted by molar-refractivity contribution is -0.136. The Bertz CT molecular complexity index is 972. The summed E-state index contributed by atoms with van der Waals surface area (Å²) in [5, 5.41) is 9.67. The van der Waals surface area contributed by atoms with Gasteiger partial charge in [0.15, 0.2) is 5.43 Å². The monoisotopic (exact) mass is 322 g/mol. The number of carbonyl (C=O) groups is 1. The first-order valence-electron chi connectivity index (χ1n) is 7.67. The Hall–Kier alpha value is -2.92. The molecule has 24 heavy (non-hydrogen) atoms. The summed E-state index contributed by atoms with van der Waals surface area (Å²) in [6.45, 7) is 2.23. The van der Waals surface area contributed by atoms with Gasteiger partial charge in [-0.1, -0.05) is 24.3 Å². The molecule has 3 N–H and O–H groups in total. The molecular formula is C19H18N2O3. The molecule has 0 spiro atoms. The third-order valence-corrected chi connectivity index (χ3v) is 4.19. The minimum absolute atomic E-state index is 0.222. The average molecular weight is 322 g/mol. The van der Waals surface area contributed by atoms with Crippen molar-refractivity contribution >= 4 is 16.9 Å². The SMILES string of the molecule is Cc1c(CC(=O)O)c(=O)c2ccccc2n1-c1ccc(CN)cc1. The number of rotatable bonds is 4. The van der Waals surface area contributed by atoms with E-state index in [-0.39, 0.29) is 11.8 Å². The molecule has 3 aromatic rings. The fourth-order valence-corrected chi connectivity index (χ4v) is 2.98. The number of nitrogens with two attached hydrogens (primary N) is 1. The predicted molar refractivity (Wildman–Crippen MR) is 93.5 cm³/mol. The van der Waals surface area contributed by atoms with Crippen molar-refractivity contribution in [3.05, 3.63) is 75.6 Å². The number of hydrogen-bond acceptors (Lipinski definition) is 3. The number of nitrogens with zero attached hydrogens (tertiary/aromatic N) is 1. The van der Waals surface area contributed by atoms with Gasteiger partial charge in [0, 0.05) is 28.9 Å². The Morgan fingerprint density at radius 1 is 1.12 bits per heavy atom. The highest BCUT2D eigenvalue weighted by Gasteiger charge is 2.17. The first-order chi connectivity index (χ1) is 11.5. The molecule has 0 unspecified atom stereocenters. The summed E-state index contributed by atoms with van der Waals surface area (Å²) in [6.07, 6.45) is -0.295. The van der Waals surface area contributed by atoms with E-state index in [4.69, 9.17) is 10.8 Å². The van der Waals surface area contributed by atoms with Crippen LogP contribution in [0.15, 0.2) is 53.3 Å². The quantitative estimate of drug-likeness (QED) is 0.772. The second kappa shape index (κ2) is 6.29. The number of hydrogen-bond donors (Lipinski definition) is 2. The van der Waals surface area contributed by atoms with Crippen LogP contribution in [0, 0.1) is 6.92 Å². The number of aromatic nitrogens is 1. The van der Waals surface area contributed by atoms with E-state index in [0.29, 0.717) is 23.2 Å². The lowest BCUT2D eigenvalue weighted by Gasteiger charge is -2.18. The molecule has 0 amide bonds. The number of pyridine rings is 1. The summed E-state index contributed by atoms with van der Waals surface area (Å²) in [7, 11) is 0. The van der Waals surface area contributed by atoms with Crippen molar-refractivity contribution in [2.45, 2.75) is 19.9 Å². The van der Waals surface area contributed by atoms with Gasteiger partial charge in [0.05, 0.1) is 11.9 Å². The fourth-order valence-electron chi connectivity index (χ4n) is 2.98. The third kappa shape index (κ3) is 2.70. The highest BCUT2D eigenvalue weighted by Crippen LogP contribution is 2.22. The van der Waals surface area contributed by atoms with Crippen molar-refractivity contribution in [1.82, 2.24) is 4.57 Å². The summed E-state index contributed by atoms with van der Waals surface area (Å²) in [6, 6.07) is 15.0. The van der Waals surface area contributed by atoms with Crippen LogP contribution < -0.4 is 11.2 Å². The molecule has 0 radical (unpaired) electrons. The van der Waals surface area contributed by atoms with Crippen molar-refractivity contribution in [3.8, 4) is 5.69 Å². The highest BCUT2D eigenvalue weighted by molar-refractivity contribution is 5.83. The third-order valence-electron chi connectivity index (χ3n) is 4.19. The number of para-hydroxylation sites is 1. The first kappa shape index (κ1) is 16.0. The van der Waals surface area contributed by atoms with Gasteiger partial charge in [-0.15, -0.1) is 0 Å². The van der Waals surface area contributed by atoms with Crippen molar-refractivity contribution in [2.24, 2.45) is 5.73 Å². The summed E-state index contributed by atoms with van der Waals surface area (Å²) >= 11 is 0. The van der Waals surface area contributed by atoms with Crippen molar-refractivity contribution in [2.75, 3.05) is 0 Å². The molecule has 5 nitrogen and oxygen atoms in total. The van der Waals surface area contributed by atoms with E-state index in [2.05, 4.69) is 0 Å². The maximum absolute atomic E-state index is 12.7. The Balaban J connectivity index is 2.36. The zero-order valence-corrected chi connectivity index (χ0v) is 13.3. The first-order valence-corrected chi connectivity index (χ1v) is 7.67. The number of aliphatic carboxylic acids is 1. The molecule has 2 aromatic carbocycles. The summed E-state index contributed by atoms with van der Waals surface area (Å²) in [4.78, 5) is 23.9. The molecule has 0 aliphatic heterocycles. The van der Waals surface area contributed by atoms with Crippen LogP contribution >= 0.6 is 0 Å². The van der Waals surface area contributed by atoms with E-state index >= 15 is 0 Å². The fraction of sp³-hybridized carbons (Fsp3) is 0.158. The van der Waals surface area contributed by atoms with Gasteiger partial charge in [-0.25, -0.2) is 0 Å². The second-order valence-electron chi connectivity index (χ2n) is 5.69. The summed E-state index contributed by atoms with van der Waals surface area (Å²) in [5.41, 5.74) is 9.01. The lowest BCUT2D eigenvalue weighted by atomic mass is 10.0. The zero-order valence-electron chi connectivity index (χ0n) is 13.3. The molecule has 5 heteroatoms. The Morgan fingerprint density at radius 3 is 2.42 bits per heavy atom. The van der Waals surface area contributed by atoms with E-state index in [1.807, 2.05) is 41.0 Å². The molecule has 0 atom stereocenters. The molecule has 1 aromatic heterocycles. The van der Waals surface area contributed by atoms with Crippen LogP contribution in [0.1, 0.15) is 16.8 Å². The van der Waals surface area contributed by atoms with E-state index in [1.165, 1.54) is 0 Å². The minimum atomic E-state index is -1.02. The van der Waals surface area contributed by atoms with Crippen molar-refractivity contribution in [3.63, 3.8) is 0 Å². The molecule has 0 aliphatic carbocycles. The second-order valence-corrected chi connectivity index (χ2v) is 5.69. The maximum atomic E-state index is 12.7. The molecular weight excluding hydrogens is 304 g/mol. The molecule has 3 rings (SSSR count). The van der Waals surface area contributed by atoms with Crippen LogP contribution in [0.25, 0.3) is 16.6 Å². The van der Waals surface area contributed by atoms with Gasteiger partial charge in [0.1, 0.15) is 0 Å². The van der Waals surface area contributed by atoms with Gasteiger partial charge in [0.2, 0.25) is 0 Å². The number of fused-ring (bicyclic) bond motifs is 1. The summed E-state index contributed by atoms with van der Waals surface area (Å²) in [5.74, 6) is -1.02. The Kier molecular flexibility index (Phi) is 4.18. The van der Waals surface area contributed by atoms with Crippen molar-refractivity contribution < 1.29 is 9.90 Å². The van der Waals surface area contributed by atoms with Crippen LogP contribution in [0.5, 0.6) is 0 Å². The predicted octanol–water partition coefficient (Wildman–Crippen LogP) is 2.38. The highest BCUT2D eigenvalue weighted by atomic mass is 16.4. The van der Waals surface area contributed by atoms with Crippen LogP contribution in [0.4, 0.5) is 0 Å². The van der Waals surface area contributed by atoms with Gasteiger partial charge in [0.25, 0.3) is 0 Å². The Morgan fingerprint density at radius 2 is 1.79 bits per heavy atom. The molecule has 1 heterocycles. The van der Waals surface area contributed by atoms with E-state index < -0.39 is 5.97 Å². The van der Waals surface area contributed by atoms with Gasteiger partial charge in [-0.05, 0) is 36.8 Å². The molecule has 0 saturated carbocycles. The molecule has 122 valence electrons. The van der Waals surface area contributed by atoms with Gasteiger partial charge < -0.3 is 15.4 Å². The van der Waals surface area contributed by atoms with E-state index in [9.17, 15) is 9.59 Å². The van der Waals surface area contributed by atoms with Gasteiger partial charge in [-0.2, -0.15) is 0 Å². The standard InChI is InChI=1S/C19H18N2O3/c1-12-16(10-18(22)23)19(24)15-4-2-3-5-17(15)21(12)14-8-6-13(11-20)7-9-14/h2-9H,10-11,20H2,1H3,(H,22,23). The van der Waals surface area contributed by atoms with Crippen LogP contribution in [-0.2, 0) is 17.8 Å². The zero-order chi connectivity index (χ0) is 17.3. The molecule has 0 bridgehead atoms. The van der Waals surface area contributed by atoms with E-state index in [1.54, 1.807) is 19.1 Å². The normalized spacial score (nSPS) is 10.9. The number of benzene rings is 2. The van der Waals surface area contributed by atoms with Gasteiger partial charge >= 0.3 is 5.97 Å². The molecule has 0 saturated heterocycles. The van der Waals surface area contributed by atoms with Crippen molar-refractivity contribution in [1.29, 1.82) is 0 Å². The molecule has 0 fully saturated rings.